The maximum absolute atomic E-state index is 13.2. The molecule has 0 saturated carbocycles. The van der Waals surface area contributed by atoms with E-state index in [-0.39, 0.29) is 5.78 Å². The van der Waals surface area contributed by atoms with Gasteiger partial charge in [0, 0.05) is 25.0 Å². The van der Waals surface area contributed by atoms with Crippen LogP contribution in [0.15, 0.2) is 60.7 Å². The summed E-state index contributed by atoms with van der Waals surface area (Å²) in [6, 6.07) is 20.4. The highest BCUT2D eigenvalue weighted by Gasteiger charge is 2.45. The largest absolute Gasteiger partial charge is 0.468 e. The summed E-state index contributed by atoms with van der Waals surface area (Å²) in [5.41, 5.74) is 0.493. The third-order valence-electron chi connectivity index (χ3n) is 4.99. The lowest BCUT2D eigenvalue weighted by molar-refractivity contribution is -0.159. The van der Waals surface area contributed by atoms with Crippen LogP contribution in [0.2, 0.25) is 0 Å². The Morgan fingerprint density at radius 3 is 1.64 bits per heavy atom. The Kier molecular flexibility index (Phi) is 7.14. The average molecular weight is 382 g/mol. The Bertz CT molecular complexity index is 741. The first-order chi connectivity index (χ1) is 13.2. The SMILES string of the molecule is COC(=O)C(C)(C)C(=O)C(C)(C)CN(Cc1ccccc1)Cc1ccccc1. The molecule has 28 heavy (non-hydrogen) atoms. The van der Waals surface area contributed by atoms with Crippen molar-refractivity contribution in [2.24, 2.45) is 10.8 Å². The zero-order valence-electron chi connectivity index (χ0n) is 17.6. The van der Waals surface area contributed by atoms with Crippen molar-refractivity contribution in [3.8, 4) is 0 Å². The number of ketones is 1. The Balaban J connectivity index is 2.24. The summed E-state index contributed by atoms with van der Waals surface area (Å²) in [7, 11) is 1.32. The lowest BCUT2D eigenvalue weighted by atomic mass is 9.73. The van der Waals surface area contributed by atoms with Gasteiger partial charge >= 0.3 is 5.97 Å². The highest BCUT2D eigenvalue weighted by molar-refractivity contribution is 6.05. The van der Waals surface area contributed by atoms with Crippen LogP contribution in [-0.4, -0.2) is 30.3 Å². The second kappa shape index (κ2) is 9.16. The molecule has 2 aromatic rings. The molecule has 0 heterocycles. The van der Waals surface area contributed by atoms with Gasteiger partial charge in [0.05, 0.1) is 7.11 Å². The summed E-state index contributed by atoms with van der Waals surface area (Å²) in [5, 5.41) is 0. The molecule has 0 aliphatic heterocycles. The number of nitrogens with zero attached hydrogens (tertiary/aromatic N) is 1. The molecule has 0 atom stereocenters. The third-order valence-corrected chi connectivity index (χ3v) is 4.99. The number of esters is 1. The van der Waals surface area contributed by atoms with Crippen LogP contribution in [0.5, 0.6) is 0 Å². The molecule has 0 amide bonds. The van der Waals surface area contributed by atoms with E-state index in [0.717, 1.165) is 13.1 Å². The summed E-state index contributed by atoms with van der Waals surface area (Å²) in [4.78, 5) is 27.6. The maximum Gasteiger partial charge on any atom is 0.318 e. The van der Waals surface area contributed by atoms with Crippen molar-refractivity contribution in [3.05, 3.63) is 71.8 Å². The monoisotopic (exact) mass is 381 g/mol. The predicted molar refractivity (Wildman–Crippen MR) is 112 cm³/mol. The van der Waals surface area contributed by atoms with Crippen molar-refractivity contribution in [1.82, 2.24) is 4.90 Å². The van der Waals surface area contributed by atoms with Gasteiger partial charge in [-0.15, -0.1) is 0 Å². The molecule has 0 radical (unpaired) electrons. The standard InChI is InChI=1S/C24H31NO3/c1-23(2,21(26)24(3,4)22(27)28-5)18-25(16-19-12-8-6-9-13-19)17-20-14-10-7-11-15-20/h6-15H,16-18H2,1-5H3. The fourth-order valence-corrected chi connectivity index (χ4v) is 3.68. The van der Waals surface area contributed by atoms with E-state index < -0.39 is 16.8 Å². The van der Waals surface area contributed by atoms with E-state index in [2.05, 4.69) is 29.2 Å². The van der Waals surface area contributed by atoms with Gasteiger partial charge < -0.3 is 4.74 Å². The van der Waals surface area contributed by atoms with E-state index >= 15 is 0 Å². The van der Waals surface area contributed by atoms with Crippen LogP contribution >= 0.6 is 0 Å². The van der Waals surface area contributed by atoms with Gasteiger partial charge in [0.25, 0.3) is 0 Å². The number of hydrogen-bond acceptors (Lipinski definition) is 4. The second-order valence-electron chi connectivity index (χ2n) is 8.45. The van der Waals surface area contributed by atoms with Gasteiger partial charge in [0.1, 0.15) is 5.41 Å². The van der Waals surface area contributed by atoms with E-state index in [1.165, 1.54) is 18.2 Å². The topological polar surface area (TPSA) is 46.6 Å². The molecule has 0 N–H and O–H groups in total. The van der Waals surface area contributed by atoms with Gasteiger partial charge in [0.15, 0.2) is 5.78 Å². The van der Waals surface area contributed by atoms with Crippen molar-refractivity contribution in [2.45, 2.75) is 40.8 Å². The van der Waals surface area contributed by atoms with Gasteiger partial charge in [0.2, 0.25) is 0 Å². The highest BCUT2D eigenvalue weighted by atomic mass is 16.5. The number of rotatable bonds is 9. The van der Waals surface area contributed by atoms with Crippen LogP contribution < -0.4 is 0 Å². The summed E-state index contributed by atoms with van der Waals surface area (Å²) in [6.07, 6.45) is 0. The number of Topliss-reactive ketones (excluding diaryl/α,β-unsaturated/α-hetero) is 1. The fraction of sp³-hybridized carbons (Fsp3) is 0.417. The fourth-order valence-electron chi connectivity index (χ4n) is 3.68. The number of carbonyl (C=O) groups is 2. The van der Waals surface area contributed by atoms with Gasteiger partial charge in [-0.3, -0.25) is 14.5 Å². The van der Waals surface area contributed by atoms with Crippen LogP contribution in [0.1, 0.15) is 38.8 Å². The van der Waals surface area contributed by atoms with Gasteiger partial charge in [-0.05, 0) is 25.0 Å². The predicted octanol–water partition coefficient (Wildman–Crippen LogP) is 4.48. The van der Waals surface area contributed by atoms with Crippen LogP contribution in [0.25, 0.3) is 0 Å². The molecule has 0 bridgehead atoms. The van der Waals surface area contributed by atoms with Gasteiger partial charge in [-0.25, -0.2) is 0 Å². The van der Waals surface area contributed by atoms with Crippen molar-refractivity contribution in [2.75, 3.05) is 13.7 Å². The minimum atomic E-state index is -1.18. The molecule has 0 fully saturated rings. The summed E-state index contributed by atoms with van der Waals surface area (Å²) < 4.78 is 4.85. The molecule has 0 aromatic heterocycles. The van der Waals surface area contributed by atoms with Crippen molar-refractivity contribution < 1.29 is 14.3 Å². The normalized spacial score (nSPS) is 12.1. The molecule has 0 spiro atoms. The molecule has 0 aliphatic rings. The highest BCUT2D eigenvalue weighted by Crippen LogP contribution is 2.32. The second-order valence-corrected chi connectivity index (χ2v) is 8.45. The zero-order valence-corrected chi connectivity index (χ0v) is 17.6. The average Bonchev–Trinajstić information content (AvgIpc) is 2.67. The van der Waals surface area contributed by atoms with Crippen molar-refractivity contribution in [3.63, 3.8) is 0 Å². The van der Waals surface area contributed by atoms with Crippen LogP contribution in [-0.2, 0) is 27.4 Å². The van der Waals surface area contributed by atoms with Gasteiger partial charge in [-0.2, -0.15) is 0 Å². The number of benzene rings is 2. The lowest BCUT2D eigenvalue weighted by Gasteiger charge is -2.36. The van der Waals surface area contributed by atoms with E-state index in [1.54, 1.807) is 13.8 Å². The van der Waals surface area contributed by atoms with E-state index in [0.29, 0.717) is 6.54 Å². The molecule has 0 unspecified atom stereocenters. The quantitative estimate of drug-likeness (QED) is 0.474. The van der Waals surface area contributed by atoms with Crippen LogP contribution in [0.4, 0.5) is 0 Å². The van der Waals surface area contributed by atoms with E-state index in [1.807, 2.05) is 50.2 Å². The minimum absolute atomic E-state index is 0.113. The van der Waals surface area contributed by atoms with Crippen LogP contribution in [0, 0.1) is 10.8 Å². The number of hydrogen-bond donors (Lipinski definition) is 0. The number of methoxy groups -OCH3 is 1. The molecule has 0 saturated heterocycles. The smallest absolute Gasteiger partial charge is 0.318 e. The first-order valence-corrected chi connectivity index (χ1v) is 9.60. The van der Waals surface area contributed by atoms with Crippen molar-refractivity contribution in [1.29, 1.82) is 0 Å². The molecule has 2 aromatic carbocycles. The molecule has 4 heteroatoms. The van der Waals surface area contributed by atoms with Gasteiger partial charge in [-0.1, -0.05) is 74.5 Å². The van der Waals surface area contributed by atoms with Crippen LogP contribution in [0.3, 0.4) is 0 Å². The number of carbonyl (C=O) groups excluding carboxylic acids is 2. The molecular formula is C24H31NO3. The summed E-state index contributed by atoms with van der Waals surface area (Å²) >= 11 is 0. The van der Waals surface area contributed by atoms with E-state index in [4.69, 9.17) is 4.74 Å². The zero-order chi connectivity index (χ0) is 20.8. The molecular weight excluding hydrogens is 350 g/mol. The Hall–Kier alpha value is -2.46. The Labute approximate surface area is 168 Å². The van der Waals surface area contributed by atoms with E-state index in [9.17, 15) is 9.59 Å². The Morgan fingerprint density at radius 2 is 1.25 bits per heavy atom. The van der Waals surface area contributed by atoms with Crippen molar-refractivity contribution >= 4 is 11.8 Å². The summed E-state index contributed by atoms with van der Waals surface area (Å²) in [5.74, 6) is -0.610. The molecule has 0 aliphatic carbocycles. The Morgan fingerprint density at radius 1 is 0.821 bits per heavy atom. The third kappa shape index (κ3) is 5.52. The minimum Gasteiger partial charge on any atom is -0.468 e. The maximum atomic E-state index is 13.2. The molecule has 150 valence electrons. The first-order valence-electron chi connectivity index (χ1n) is 9.60. The molecule has 2 rings (SSSR count). The first kappa shape index (κ1) is 21.8. The lowest BCUT2D eigenvalue weighted by Crippen LogP contribution is -2.47. The summed E-state index contributed by atoms with van der Waals surface area (Å²) in [6.45, 7) is 9.08. The molecule has 4 nitrogen and oxygen atoms in total. The number of ether oxygens (including phenoxy) is 1.